The van der Waals surface area contributed by atoms with Gasteiger partial charge in [0.05, 0.1) is 5.60 Å². The van der Waals surface area contributed by atoms with Gasteiger partial charge in [-0.15, -0.1) is 0 Å². The van der Waals surface area contributed by atoms with Gasteiger partial charge in [0.25, 0.3) is 0 Å². The molecule has 0 bridgehead atoms. The van der Waals surface area contributed by atoms with Gasteiger partial charge < -0.3 is 15.2 Å². The molecule has 0 radical (unpaired) electrons. The van der Waals surface area contributed by atoms with Gasteiger partial charge in [0.2, 0.25) is 0 Å². The molecular formula is C13H20ClN3O2. The van der Waals surface area contributed by atoms with Crippen LogP contribution in [0.15, 0.2) is 6.07 Å². The first kappa shape index (κ1) is 14.5. The average molecular weight is 286 g/mol. The molecule has 5 nitrogen and oxygen atoms in total. The lowest BCUT2D eigenvalue weighted by molar-refractivity contribution is -0.0543. The maximum Gasteiger partial charge on any atom is 0.134 e. The van der Waals surface area contributed by atoms with Crippen molar-refractivity contribution in [3.05, 3.63) is 17.0 Å². The predicted molar refractivity (Wildman–Crippen MR) is 74.5 cm³/mol. The molecule has 0 spiro atoms. The monoisotopic (exact) mass is 285 g/mol. The number of aliphatic hydroxyl groups is 1. The molecule has 0 atom stereocenters. The van der Waals surface area contributed by atoms with Crippen LogP contribution >= 0.6 is 11.6 Å². The maximum absolute atomic E-state index is 10.4. The van der Waals surface area contributed by atoms with E-state index in [2.05, 4.69) is 22.2 Å². The Morgan fingerprint density at radius 1 is 1.42 bits per heavy atom. The fourth-order valence-electron chi connectivity index (χ4n) is 2.07. The molecule has 0 aromatic carbocycles. The summed E-state index contributed by atoms with van der Waals surface area (Å²) in [6, 6.07) is 1.68. The summed E-state index contributed by atoms with van der Waals surface area (Å²) in [6.45, 7) is 3.73. The number of hydrogen-bond donors (Lipinski definition) is 2. The van der Waals surface area contributed by atoms with Crippen LogP contribution in [0.1, 0.15) is 32.0 Å². The molecule has 1 aromatic heterocycles. The summed E-state index contributed by atoms with van der Waals surface area (Å²) in [4.78, 5) is 8.56. The summed E-state index contributed by atoms with van der Waals surface area (Å²) in [7, 11) is 0. The van der Waals surface area contributed by atoms with E-state index in [0.717, 1.165) is 18.7 Å². The van der Waals surface area contributed by atoms with Crippen LogP contribution in [-0.4, -0.2) is 40.4 Å². The van der Waals surface area contributed by atoms with Crippen LogP contribution in [0.4, 0.5) is 5.82 Å². The van der Waals surface area contributed by atoms with E-state index in [1.165, 1.54) is 0 Å². The van der Waals surface area contributed by atoms with Crippen molar-refractivity contribution in [2.45, 2.75) is 38.2 Å². The molecule has 0 saturated carbocycles. The van der Waals surface area contributed by atoms with E-state index in [-0.39, 0.29) is 0 Å². The first-order chi connectivity index (χ1) is 9.11. The lowest BCUT2D eigenvalue weighted by Gasteiger charge is -2.32. The molecule has 1 aliphatic rings. The summed E-state index contributed by atoms with van der Waals surface area (Å²) in [5.41, 5.74) is -0.722. The molecule has 1 aliphatic heterocycles. The van der Waals surface area contributed by atoms with Gasteiger partial charge in [-0.1, -0.05) is 18.5 Å². The minimum atomic E-state index is -0.722. The van der Waals surface area contributed by atoms with E-state index in [0.29, 0.717) is 43.6 Å². The van der Waals surface area contributed by atoms with Gasteiger partial charge in [-0.2, -0.15) is 0 Å². The van der Waals surface area contributed by atoms with Gasteiger partial charge in [0.15, 0.2) is 0 Å². The molecule has 0 amide bonds. The Morgan fingerprint density at radius 3 is 2.84 bits per heavy atom. The second-order valence-electron chi connectivity index (χ2n) is 4.93. The average Bonchev–Trinajstić information content (AvgIpc) is 2.37. The highest BCUT2D eigenvalue weighted by Gasteiger charge is 2.29. The van der Waals surface area contributed by atoms with Gasteiger partial charge in [-0.25, -0.2) is 9.97 Å². The highest BCUT2D eigenvalue weighted by Crippen LogP contribution is 2.21. The third-order valence-corrected chi connectivity index (χ3v) is 3.43. The molecule has 1 saturated heterocycles. The molecule has 106 valence electrons. The number of anilines is 1. The Hall–Kier alpha value is -0.910. The minimum Gasteiger partial charge on any atom is -0.388 e. The highest BCUT2D eigenvalue weighted by atomic mass is 35.5. The van der Waals surface area contributed by atoms with E-state index in [4.69, 9.17) is 16.3 Å². The molecule has 2 N–H and O–H groups in total. The van der Waals surface area contributed by atoms with Crippen LogP contribution in [0.25, 0.3) is 0 Å². The van der Waals surface area contributed by atoms with Crippen LogP contribution in [0, 0.1) is 0 Å². The minimum absolute atomic E-state index is 0.430. The summed E-state index contributed by atoms with van der Waals surface area (Å²) >= 11 is 5.97. The maximum atomic E-state index is 10.4. The smallest absolute Gasteiger partial charge is 0.134 e. The Morgan fingerprint density at radius 2 is 2.16 bits per heavy atom. The second kappa shape index (κ2) is 6.50. The normalized spacial score (nSPS) is 18.3. The molecule has 1 fully saturated rings. The largest absolute Gasteiger partial charge is 0.388 e. The summed E-state index contributed by atoms with van der Waals surface area (Å²) in [5.74, 6) is 1.40. The number of nitrogens with one attached hydrogen (secondary N) is 1. The van der Waals surface area contributed by atoms with Crippen LogP contribution < -0.4 is 5.32 Å². The fourth-order valence-corrected chi connectivity index (χ4v) is 2.27. The van der Waals surface area contributed by atoms with Crippen LogP contribution in [0.2, 0.25) is 5.15 Å². The van der Waals surface area contributed by atoms with Crippen molar-refractivity contribution in [2.75, 3.05) is 25.1 Å². The van der Waals surface area contributed by atoms with Gasteiger partial charge in [0, 0.05) is 45.1 Å². The van der Waals surface area contributed by atoms with Crippen LogP contribution in [0.3, 0.4) is 0 Å². The summed E-state index contributed by atoms with van der Waals surface area (Å²) < 4.78 is 5.25. The van der Waals surface area contributed by atoms with E-state index >= 15 is 0 Å². The van der Waals surface area contributed by atoms with E-state index < -0.39 is 5.60 Å². The van der Waals surface area contributed by atoms with E-state index in [1.807, 2.05) is 0 Å². The highest BCUT2D eigenvalue weighted by molar-refractivity contribution is 6.29. The lowest BCUT2D eigenvalue weighted by Crippen LogP contribution is -2.42. The van der Waals surface area contributed by atoms with Crippen molar-refractivity contribution in [3.8, 4) is 0 Å². The first-order valence-electron chi connectivity index (χ1n) is 6.69. The van der Waals surface area contributed by atoms with Gasteiger partial charge in [0.1, 0.15) is 16.8 Å². The standard InChI is InChI=1S/C13H20ClN3O2/c1-2-3-11-16-10(14)8-12(17-11)15-9-13(18)4-6-19-7-5-13/h8,18H,2-7,9H2,1H3,(H,15,16,17). The molecule has 1 aromatic rings. The van der Waals surface area contributed by atoms with Crippen molar-refractivity contribution < 1.29 is 9.84 Å². The molecule has 2 heterocycles. The molecule has 0 aliphatic carbocycles. The quantitative estimate of drug-likeness (QED) is 0.811. The fraction of sp³-hybridized carbons (Fsp3) is 0.692. The zero-order valence-corrected chi connectivity index (χ0v) is 11.9. The Labute approximate surface area is 118 Å². The molecular weight excluding hydrogens is 266 g/mol. The molecule has 0 unspecified atom stereocenters. The van der Waals surface area contributed by atoms with Gasteiger partial charge >= 0.3 is 0 Å². The van der Waals surface area contributed by atoms with Crippen LogP contribution in [0.5, 0.6) is 0 Å². The van der Waals surface area contributed by atoms with Crippen LogP contribution in [-0.2, 0) is 11.2 Å². The summed E-state index contributed by atoms with van der Waals surface area (Å²) in [6.07, 6.45) is 3.05. The first-order valence-corrected chi connectivity index (χ1v) is 7.06. The molecule has 19 heavy (non-hydrogen) atoms. The van der Waals surface area contributed by atoms with Gasteiger partial charge in [-0.3, -0.25) is 0 Å². The predicted octanol–water partition coefficient (Wildman–Crippen LogP) is 2.04. The third kappa shape index (κ3) is 4.30. The van der Waals surface area contributed by atoms with Crippen molar-refractivity contribution in [1.82, 2.24) is 9.97 Å². The number of aromatic nitrogens is 2. The van der Waals surface area contributed by atoms with Gasteiger partial charge in [-0.05, 0) is 6.42 Å². The number of nitrogens with zero attached hydrogens (tertiary/aromatic N) is 2. The molecule has 2 rings (SSSR count). The second-order valence-corrected chi connectivity index (χ2v) is 5.32. The molecule has 6 heteroatoms. The lowest BCUT2D eigenvalue weighted by atomic mass is 9.94. The van der Waals surface area contributed by atoms with Crippen molar-refractivity contribution in [3.63, 3.8) is 0 Å². The van der Waals surface area contributed by atoms with Crippen molar-refractivity contribution >= 4 is 17.4 Å². The number of aryl methyl sites for hydroxylation is 1. The Kier molecular flexibility index (Phi) is 4.96. The third-order valence-electron chi connectivity index (χ3n) is 3.24. The van der Waals surface area contributed by atoms with E-state index in [1.54, 1.807) is 6.07 Å². The number of halogens is 1. The SMILES string of the molecule is CCCc1nc(Cl)cc(NCC2(O)CCOCC2)n1. The topological polar surface area (TPSA) is 67.3 Å². The van der Waals surface area contributed by atoms with E-state index in [9.17, 15) is 5.11 Å². The Bertz CT molecular complexity index is 422. The van der Waals surface area contributed by atoms with Crippen molar-refractivity contribution in [2.24, 2.45) is 0 Å². The summed E-state index contributed by atoms with van der Waals surface area (Å²) in [5, 5.41) is 13.9. The Balaban J connectivity index is 1.98. The number of rotatable bonds is 5. The zero-order chi connectivity index (χ0) is 13.7. The zero-order valence-electron chi connectivity index (χ0n) is 11.2. The number of hydrogen-bond acceptors (Lipinski definition) is 5. The van der Waals surface area contributed by atoms with Crippen molar-refractivity contribution in [1.29, 1.82) is 0 Å². The number of ether oxygens (including phenoxy) is 1.